The molecule has 0 unspecified atom stereocenters. The molecular weight excluding hydrogens is 114 g/mol. The molecule has 3 heteroatoms. The predicted octanol–water partition coefficient (Wildman–Crippen LogP) is 0.368. The van der Waals surface area contributed by atoms with Crippen LogP contribution in [0.2, 0.25) is 0 Å². The smallest absolute Gasteiger partial charge is 0.138 e. The van der Waals surface area contributed by atoms with E-state index in [0.29, 0.717) is 12.4 Å². The van der Waals surface area contributed by atoms with E-state index in [9.17, 15) is 0 Å². The molecule has 0 aromatic heterocycles. The Labute approximate surface area is 53.9 Å². The van der Waals surface area contributed by atoms with Crippen molar-refractivity contribution >= 4 is 5.71 Å². The summed E-state index contributed by atoms with van der Waals surface area (Å²) < 4.78 is 0. The van der Waals surface area contributed by atoms with Crippen LogP contribution in [0.25, 0.3) is 0 Å². The van der Waals surface area contributed by atoms with Crippen molar-refractivity contribution in [3.63, 3.8) is 0 Å². The normalized spacial score (nSPS) is 16.9. The molecule has 0 atom stereocenters. The third-order valence-corrected chi connectivity index (χ3v) is 1.07. The summed E-state index contributed by atoms with van der Waals surface area (Å²) in [4.78, 5) is 5.83. The van der Waals surface area contributed by atoms with Gasteiger partial charge in [-0.15, -0.1) is 0 Å². The van der Waals surface area contributed by atoms with Crippen molar-refractivity contribution in [3.8, 4) is 6.07 Å². The van der Waals surface area contributed by atoms with Crippen LogP contribution in [-0.4, -0.2) is 24.3 Å². The molecule has 0 N–H and O–H groups in total. The van der Waals surface area contributed by atoms with Crippen LogP contribution in [-0.2, 0) is 0 Å². The number of allylic oxidation sites excluding steroid dienone is 1. The highest BCUT2D eigenvalue weighted by molar-refractivity contribution is 6.07. The van der Waals surface area contributed by atoms with Crippen LogP contribution in [0.15, 0.2) is 17.3 Å². The monoisotopic (exact) mass is 121 g/mol. The van der Waals surface area contributed by atoms with Crippen molar-refractivity contribution in [1.29, 1.82) is 5.26 Å². The van der Waals surface area contributed by atoms with Gasteiger partial charge in [0.25, 0.3) is 0 Å². The fourth-order valence-corrected chi connectivity index (χ4v) is 0.558. The van der Waals surface area contributed by atoms with Crippen molar-refractivity contribution in [3.05, 3.63) is 12.3 Å². The Morgan fingerprint density at radius 1 is 1.89 bits per heavy atom. The standard InChI is InChI=1S/C6H7N3/c1-9-3-2-6(4-7)8-5-9/h2-3H,5H2,1H3. The first-order chi connectivity index (χ1) is 4.33. The molecule has 1 aliphatic rings. The highest BCUT2D eigenvalue weighted by atomic mass is 15.2. The molecule has 0 amide bonds. The van der Waals surface area contributed by atoms with E-state index in [1.165, 1.54) is 0 Å². The van der Waals surface area contributed by atoms with Crippen LogP contribution < -0.4 is 0 Å². The molecule has 0 aliphatic carbocycles. The summed E-state index contributed by atoms with van der Waals surface area (Å²) in [6.07, 6.45) is 3.54. The van der Waals surface area contributed by atoms with E-state index >= 15 is 0 Å². The number of nitriles is 1. The Morgan fingerprint density at radius 3 is 3.11 bits per heavy atom. The summed E-state index contributed by atoms with van der Waals surface area (Å²) in [7, 11) is 1.91. The number of rotatable bonds is 0. The molecule has 46 valence electrons. The maximum atomic E-state index is 8.33. The Balaban J connectivity index is 2.66. The summed E-state index contributed by atoms with van der Waals surface area (Å²) in [5.41, 5.74) is 0.508. The number of hydrogen-bond donors (Lipinski definition) is 0. The zero-order chi connectivity index (χ0) is 6.69. The Morgan fingerprint density at radius 2 is 2.67 bits per heavy atom. The van der Waals surface area contributed by atoms with Crippen molar-refractivity contribution < 1.29 is 0 Å². The van der Waals surface area contributed by atoms with Gasteiger partial charge in [-0.3, -0.25) is 4.99 Å². The van der Waals surface area contributed by atoms with Gasteiger partial charge in [-0.05, 0) is 6.08 Å². The lowest BCUT2D eigenvalue weighted by Crippen LogP contribution is -2.15. The topological polar surface area (TPSA) is 39.4 Å². The molecule has 0 spiro atoms. The minimum absolute atomic E-state index is 0.508. The van der Waals surface area contributed by atoms with Gasteiger partial charge in [0.1, 0.15) is 18.4 Å². The van der Waals surface area contributed by atoms with Crippen LogP contribution in [0.4, 0.5) is 0 Å². The third-order valence-electron chi connectivity index (χ3n) is 1.07. The van der Waals surface area contributed by atoms with Gasteiger partial charge in [0, 0.05) is 13.2 Å². The van der Waals surface area contributed by atoms with Crippen LogP contribution in [0.5, 0.6) is 0 Å². The third kappa shape index (κ3) is 1.29. The molecule has 0 radical (unpaired) electrons. The van der Waals surface area contributed by atoms with Gasteiger partial charge in [0.15, 0.2) is 0 Å². The quantitative estimate of drug-likeness (QED) is 0.464. The van der Waals surface area contributed by atoms with Gasteiger partial charge in [-0.1, -0.05) is 0 Å². The zero-order valence-corrected chi connectivity index (χ0v) is 5.20. The second kappa shape index (κ2) is 2.31. The van der Waals surface area contributed by atoms with Crippen molar-refractivity contribution in [2.75, 3.05) is 13.7 Å². The molecule has 0 saturated carbocycles. The zero-order valence-electron chi connectivity index (χ0n) is 5.20. The van der Waals surface area contributed by atoms with Crippen LogP contribution >= 0.6 is 0 Å². The Bertz CT molecular complexity index is 197. The maximum absolute atomic E-state index is 8.33. The molecule has 1 aliphatic heterocycles. The summed E-state index contributed by atoms with van der Waals surface area (Å²) in [5.74, 6) is 0. The highest BCUT2D eigenvalue weighted by Crippen LogP contribution is 1.94. The van der Waals surface area contributed by atoms with Crippen molar-refractivity contribution in [1.82, 2.24) is 4.90 Å². The minimum atomic E-state index is 0.508. The van der Waals surface area contributed by atoms with Crippen LogP contribution in [0, 0.1) is 11.3 Å². The van der Waals surface area contributed by atoms with Crippen LogP contribution in [0.3, 0.4) is 0 Å². The molecule has 0 aromatic rings. The molecule has 1 rings (SSSR count). The Hall–Kier alpha value is -1.30. The Kier molecular flexibility index (Phi) is 1.50. The van der Waals surface area contributed by atoms with Gasteiger partial charge < -0.3 is 4.90 Å². The molecule has 0 bridgehead atoms. The predicted molar refractivity (Wildman–Crippen MR) is 34.8 cm³/mol. The fraction of sp³-hybridized carbons (Fsp3) is 0.333. The first-order valence-corrected chi connectivity index (χ1v) is 2.66. The van der Waals surface area contributed by atoms with Gasteiger partial charge in [-0.2, -0.15) is 5.26 Å². The lowest BCUT2D eigenvalue weighted by molar-refractivity contribution is 0.469. The molecule has 0 aromatic carbocycles. The summed E-state index contributed by atoms with van der Waals surface area (Å²) in [6.45, 7) is 0.597. The summed E-state index contributed by atoms with van der Waals surface area (Å²) in [5, 5.41) is 8.33. The largest absolute Gasteiger partial charge is 0.361 e. The van der Waals surface area contributed by atoms with Crippen LogP contribution in [0.1, 0.15) is 0 Å². The number of aliphatic imine (C=N–C) groups is 1. The minimum Gasteiger partial charge on any atom is -0.361 e. The average Bonchev–Trinajstić information content (AvgIpc) is 1.90. The van der Waals surface area contributed by atoms with E-state index < -0.39 is 0 Å². The van der Waals surface area contributed by atoms with Gasteiger partial charge >= 0.3 is 0 Å². The molecule has 1 heterocycles. The van der Waals surface area contributed by atoms with E-state index in [1.54, 1.807) is 6.08 Å². The molecule has 0 fully saturated rings. The average molecular weight is 121 g/mol. The highest BCUT2D eigenvalue weighted by Gasteiger charge is 1.97. The lowest BCUT2D eigenvalue weighted by atomic mass is 10.3. The number of hydrogen-bond acceptors (Lipinski definition) is 3. The van der Waals surface area contributed by atoms with Gasteiger partial charge in [0.05, 0.1) is 0 Å². The summed E-state index contributed by atoms with van der Waals surface area (Å²) in [6, 6.07) is 1.96. The first-order valence-electron chi connectivity index (χ1n) is 2.66. The van der Waals surface area contributed by atoms with E-state index in [-0.39, 0.29) is 0 Å². The molecule has 0 saturated heterocycles. The lowest BCUT2D eigenvalue weighted by Gasteiger charge is -2.12. The SMILES string of the molecule is CN1C=CC(C#N)=NC1. The second-order valence-electron chi connectivity index (χ2n) is 1.87. The van der Waals surface area contributed by atoms with Gasteiger partial charge in [-0.25, -0.2) is 0 Å². The molecule has 3 nitrogen and oxygen atoms in total. The fourth-order valence-electron chi connectivity index (χ4n) is 0.558. The van der Waals surface area contributed by atoms with Crippen molar-refractivity contribution in [2.45, 2.75) is 0 Å². The van der Waals surface area contributed by atoms with E-state index in [4.69, 9.17) is 5.26 Å². The molecular formula is C6H7N3. The molecule has 9 heavy (non-hydrogen) atoms. The van der Waals surface area contributed by atoms with E-state index in [0.717, 1.165) is 0 Å². The van der Waals surface area contributed by atoms with Crippen molar-refractivity contribution in [2.24, 2.45) is 4.99 Å². The summed E-state index contributed by atoms with van der Waals surface area (Å²) >= 11 is 0. The van der Waals surface area contributed by atoms with Gasteiger partial charge in [0.2, 0.25) is 0 Å². The number of nitrogens with zero attached hydrogens (tertiary/aromatic N) is 3. The van der Waals surface area contributed by atoms with E-state index in [2.05, 4.69) is 4.99 Å². The first kappa shape index (κ1) is 5.83. The maximum Gasteiger partial charge on any atom is 0.138 e. The second-order valence-corrected chi connectivity index (χ2v) is 1.87. The van der Waals surface area contributed by atoms with E-state index in [1.807, 2.05) is 24.2 Å².